The van der Waals surface area contributed by atoms with Crippen LogP contribution >= 0.6 is 0 Å². The molecule has 0 bridgehead atoms. The molecule has 0 aliphatic carbocycles. The maximum Gasteiger partial charge on any atom is 0.270 e. The highest BCUT2D eigenvalue weighted by atomic mass is 16.5. The molecule has 1 aliphatic heterocycles. The molecule has 0 spiro atoms. The number of piperazine rings is 1. The van der Waals surface area contributed by atoms with Gasteiger partial charge in [-0.1, -0.05) is 30.3 Å². The van der Waals surface area contributed by atoms with E-state index in [-0.39, 0.29) is 5.91 Å². The van der Waals surface area contributed by atoms with Gasteiger partial charge < -0.3 is 15.0 Å². The van der Waals surface area contributed by atoms with Crippen LogP contribution in [-0.4, -0.2) is 67.2 Å². The molecule has 0 unspecified atom stereocenters. The first-order valence-electron chi connectivity index (χ1n) is 9.30. The highest BCUT2D eigenvalue weighted by Crippen LogP contribution is 2.15. The minimum atomic E-state index is -0.193. The van der Waals surface area contributed by atoms with E-state index in [0.29, 0.717) is 24.8 Å². The number of anilines is 1. The Labute approximate surface area is 160 Å². The molecule has 1 amide bonds. The maximum absolute atomic E-state index is 12.3. The number of carbonyl (C=O) groups excluding carboxylic acids is 1. The smallest absolute Gasteiger partial charge is 0.270 e. The van der Waals surface area contributed by atoms with E-state index in [4.69, 9.17) is 4.74 Å². The van der Waals surface area contributed by atoms with Crippen LogP contribution in [0, 0.1) is 6.92 Å². The van der Waals surface area contributed by atoms with E-state index in [9.17, 15) is 4.79 Å². The van der Waals surface area contributed by atoms with E-state index in [1.807, 2.05) is 13.0 Å². The summed E-state index contributed by atoms with van der Waals surface area (Å²) >= 11 is 0. The van der Waals surface area contributed by atoms with Crippen LogP contribution in [0.4, 0.5) is 5.95 Å². The number of aryl methyl sites for hydroxylation is 1. The van der Waals surface area contributed by atoms with Gasteiger partial charge in [-0.25, -0.2) is 9.97 Å². The fraction of sp³-hybridized carbons (Fsp3) is 0.450. The Morgan fingerprint density at radius 3 is 2.59 bits per heavy atom. The predicted molar refractivity (Wildman–Crippen MR) is 105 cm³/mol. The minimum absolute atomic E-state index is 0.193. The number of benzene rings is 1. The summed E-state index contributed by atoms with van der Waals surface area (Å²) in [4.78, 5) is 25.9. The number of nitrogens with one attached hydrogen (secondary N) is 1. The fourth-order valence-electron chi connectivity index (χ4n) is 3.12. The lowest BCUT2D eigenvalue weighted by atomic mass is 10.2. The normalized spacial score (nSPS) is 15.0. The third kappa shape index (κ3) is 5.48. The molecule has 27 heavy (non-hydrogen) atoms. The lowest BCUT2D eigenvalue weighted by molar-refractivity contribution is 0.0932. The Morgan fingerprint density at radius 2 is 1.89 bits per heavy atom. The monoisotopic (exact) mass is 369 g/mol. The minimum Gasteiger partial charge on any atom is -0.383 e. The number of rotatable bonds is 7. The number of hydrogen-bond donors (Lipinski definition) is 1. The van der Waals surface area contributed by atoms with Crippen LogP contribution in [0.2, 0.25) is 0 Å². The van der Waals surface area contributed by atoms with Gasteiger partial charge >= 0.3 is 0 Å². The number of ether oxygens (including phenoxy) is 1. The van der Waals surface area contributed by atoms with Gasteiger partial charge in [0.1, 0.15) is 5.69 Å². The second-order valence-electron chi connectivity index (χ2n) is 6.69. The van der Waals surface area contributed by atoms with E-state index < -0.39 is 0 Å². The third-order valence-corrected chi connectivity index (χ3v) is 4.57. The molecule has 7 nitrogen and oxygen atoms in total. The molecule has 1 aromatic carbocycles. The zero-order valence-electron chi connectivity index (χ0n) is 16.0. The molecule has 1 fully saturated rings. The van der Waals surface area contributed by atoms with Crippen molar-refractivity contribution >= 4 is 11.9 Å². The molecule has 0 radical (unpaired) electrons. The summed E-state index contributed by atoms with van der Waals surface area (Å²) in [6, 6.07) is 12.2. The maximum atomic E-state index is 12.3. The first kappa shape index (κ1) is 19.3. The summed E-state index contributed by atoms with van der Waals surface area (Å²) < 4.78 is 4.96. The fourth-order valence-corrected chi connectivity index (χ4v) is 3.12. The molecule has 1 aliphatic rings. The summed E-state index contributed by atoms with van der Waals surface area (Å²) in [5, 5.41) is 2.81. The van der Waals surface area contributed by atoms with Crippen LogP contribution < -0.4 is 10.2 Å². The van der Waals surface area contributed by atoms with Crippen LogP contribution in [0.25, 0.3) is 0 Å². The van der Waals surface area contributed by atoms with Gasteiger partial charge in [-0.2, -0.15) is 0 Å². The molecule has 2 heterocycles. The van der Waals surface area contributed by atoms with E-state index in [2.05, 4.69) is 49.4 Å². The molecular formula is C20H27N5O2. The van der Waals surface area contributed by atoms with Crippen LogP contribution in [0.3, 0.4) is 0 Å². The zero-order chi connectivity index (χ0) is 19.1. The van der Waals surface area contributed by atoms with Gasteiger partial charge in [0, 0.05) is 52.1 Å². The van der Waals surface area contributed by atoms with Gasteiger partial charge in [-0.15, -0.1) is 0 Å². The summed E-state index contributed by atoms with van der Waals surface area (Å²) in [5.41, 5.74) is 2.52. The number of carbonyl (C=O) groups is 1. The number of methoxy groups -OCH3 is 1. The molecular weight excluding hydrogens is 342 g/mol. The van der Waals surface area contributed by atoms with Crippen molar-refractivity contribution in [2.45, 2.75) is 13.5 Å². The molecule has 0 atom stereocenters. The SMILES string of the molecule is COCCNC(=O)c1cc(C)nc(N2CCN(Cc3ccccc3)CC2)n1. The van der Waals surface area contributed by atoms with Crippen LogP contribution in [0.1, 0.15) is 21.7 Å². The van der Waals surface area contributed by atoms with Crippen molar-refractivity contribution < 1.29 is 9.53 Å². The molecule has 0 saturated carbocycles. The Kier molecular flexibility index (Phi) is 6.73. The van der Waals surface area contributed by atoms with E-state index >= 15 is 0 Å². The van der Waals surface area contributed by atoms with Crippen LogP contribution in [-0.2, 0) is 11.3 Å². The van der Waals surface area contributed by atoms with Gasteiger partial charge in [0.25, 0.3) is 5.91 Å². The number of nitrogens with zero attached hydrogens (tertiary/aromatic N) is 4. The van der Waals surface area contributed by atoms with Gasteiger partial charge in [0.15, 0.2) is 0 Å². The van der Waals surface area contributed by atoms with E-state index in [1.165, 1.54) is 5.56 Å². The highest BCUT2D eigenvalue weighted by molar-refractivity contribution is 5.92. The largest absolute Gasteiger partial charge is 0.383 e. The summed E-state index contributed by atoms with van der Waals surface area (Å²) in [5.74, 6) is 0.438. The molecule has 1 N–H and O–H groups in total. The Bertz CT molecular complexity index is 745. The van der Waals surface area contributed by atoms with Crippen molar-refractivity contribution in [1.29, 1.82) is 0 Å². The number of aromatic nitrogens is 2. The van der Waals surface area contributed by atoms with Crippen molar-refractivity contribution in [2.24, 2.45) is 0 Å². The molecule has 2 aromatic rings. The second kappa shape index (κ2) is 9.43. The van der Waals surface area contributed by atoms with Gasteiger partial charge in [-0.3, -0.25) is 9.69 Å². The van der Waals surface area contributed by atoms with Crippen molar-refractivity contribution in [3.05, 3.63) is 53.3 Å². The predicted octanol–water partition coefficient (Wildman–Crippen LogP) is 1.48. The number of hydrogen-bond acceptors (Lipinski definition) is 6. The van der Waals surface area contributed by atoms with Crippen molar-refractivity contribution in [2.75, 3.05) is 51.3 Å². The zero-order valence-corrected chi connectivity index (χ0v) is 16.0. The Balaban J connectivity index is 1.59. The van der Waals surface area contributed by atoms with Gasteiger partial charge in [0.2, 0.25) is 5.95 Å². The standard InChI is InChI=1S/C20H27N5O2/c1-16-14-18(19(26)21-8-13-27-2)23-20(22-16)25-11-9-24(10-12-25)15-17-6-4-3-5-7-17/h3-7,14H,8-13,15H2,1-2H3,(H,21,26). The summed E-state index contributed by atoms with van der Waals surface area (Å²) in [6.07, 6.45) is 0. The van der Waals surface area contributed by atoms with Gasteiger partial charge in [-0.05, 0) is 18.6 Å². The topological polar surface area (TPSA) is 70.6 Å². The lowest BCUT2D eigenvalue weighted by Crippen LogP contribution is -2.46. The van der Waals surface area contributed by atoms with Crippen LogP contribution in [0.15, 0.2) is 36.4 Å². The Morgan fingerprint density at radius 1 is 1.15 bits per heavy atom. The second-order valence-corrected chi connectivity index (χ2v) is 6.69. The quantitative estimate of drug-likeness (QED) is 0.746. The molecule has 7 heteroatoms. The average molecular weight is 369 g/mol. The third-order valence-electron chi connectivity index (χ3n) is 4.57. The molecule has 3 rings (SSSR count). The van der Waals surface area contributed by atoms with E-state index in [1.54, 1.807) is 13.2 Å². The first-order valence-corrected chi connectivity index (χ1v) is 9.30. The Hall–Kier alpha value is -2.51. The highest BCUT2D eigenvalue weighted by Gasteiger charge is 2.20. The first-order chi connectivity index (χ1) is 13.2. The molecule has 1 aromatic heterocycles. The van der Waals surface area contributed by atoms with Crippen molar-refractivity contribution in [3.63, 3.8) is 0 Å². The average Bonchev–Trinajstić information content (AvgIpc) is 2.69. The number of amides is 1. The molecule has 144 valence electrons. The van der Waals surface area contributed by atoms with Crippen molar-refractivity contribution in [1.82, 2.24) is 20.2 Å². The van der Waals surface area contributed by atoms with Crippen LogP contribution in [0.5, 0.6) is 0 Å². The van der Waals surface area contributed by atoms with E-state index in [0.717, 1.165) is 38.4 Å². The summed E-state index contributed by atoms with van der Waals surface area (Å²) in [6.45, 7) is 7.38. The summed E-state index contributed by atoms with van der Waals surface area (Å²) in [7, 11) is 1.61. The molecule has 1 saturated heterocycles. The van der Waals surface area contributed by atoms with Gasteiger partial charge in [0.05, 0.1) is 6.61 Å². The lowest BCUT2D eigenvalue weighted by Gasteiger charge is -2.34. The van der Waals surface area contributed by atoms with Crippen molar-refractivity contribution in [3.8, 4) is 0 Å².